The molecule has 1 heterocycles. The number of nitro benzene ring substituents is 1. The number of alkyl halides is 1. The van der Waals surface area contributed by atoms with Crippen LogP contribution in [0.15, 0.2) is 24.3 Å². The van der Waals surface area contributed by atoms with Crippen LogP contribution in [0.3, 0.4) is 0 Å². The summed E-state index contributed by atoms with van der Waals surface area (Å²) in [6.07, 6.45) is 0.862. The summed E-state index contributed by atoms with van der Waals surface area (Å²) in [6, 6.07) is 5.01. The summed E-state index contributed by atoms with van der Waals surface area (Å²) in [6.45, 7) is 1.56. The molecule has 2 atom stereocenters. The van der Waals surface area contributed by atoms with Crippen LogP contribution in [0.4, 0.5) is 10.5 Å². The molecular formula is C21H27ClN3O8+. The summed E-state index contributed by atoms with van der Waals surface area (Å²) in [5.74, 6) is -1.42. The normalized spacial score (nSPS) is 19.5. The van der Waals surface area contributed by atoms with Crippen LogP contribution in [0.25, 0.3) is 0 Å². The first-order valence-electron chi connectivity index (χ1n) is 10.5. The smallest absolute Gasteiger partial charge is 0.449 e. The molecule has 0 bridgehead atoms. The largest absolute Gasteiger partial charge is 0.524 e. The number of imide groups is 1. The number of rotatable bonds is 10. The second kappa shape index (κ2) is 12.3. The van der Waals surface area contributed by atoms with Gasteiger partial charge in [-0.05, 0) is 31.0 Å². The molecular weight excluding hydrogens is 458 g/mol. The van der Waals surface area contributed by atoms with Crippen LogP contribution in [0.2, 0.25) is 0 Å². The van der Waals surface area contributed by atoms with Crippen molar-refractivity contribution >= 4 is 41.2 Å². The molecule has 0 aliphatic carbocycles. The van der Waals surface area contributed by atoms with Crippen LogP contribution < -0.4 is 5.32 Å². The van der Waals surface area contributed by atoms with Gasteiger partial charge in [0.25, 0.3) is 5.69 Å². The fraction of sp³-hybridized carbons (Fsp3) is 0.524. The summed E-state index contributed by atoms with van der Waals surface area (Å²) in [5, 5.41) is 13.3. The third-order valence-corrected chi connectivity index (χ3v) is 5.71. The number of halogens is 1. The SMILES string of the molecule is C[C@@H]1CCC[N+]1(C(=O)CNC(=O)CCCC(=O)OCCl)C(=O)OCc1ccc([N+](=O)[O-])cc1. The van der Waals surface area contributed by atoms with Gasteiger partial charge in [-0.3, -0.25) is 19.7 Å². The van der Waals surface area contributed by atoms with Gasteiger partial charge >= 0.3 is 18.0 Å². The number of amides is 3. The second-order valence-corrected chi connectivity index (χ2v) is 7.93. The monoisotopic (exact) mass is 484 g/mol. The Bertz CT molecular complexity index is 892. The summed E-state index contributed by atoms with van der Waals surface area (Å²) in [5.41, 5.74) is 0.469. The third kappa shape index (κ3) is 6.96. The fourth-order valence-corrected chi connectivity index (χ4v) is 3.85. The zero-order valence-electron chi connectivity index (χ0n) is 18.3. The molecule has 0 spiro atoms. The molecule has 33 heavy (non-hydrogen) atoms. The number of hydrogen-bond acceptors (Lipinski definition) is 8. The van der Waals surface area contributed by atoms with E-state index in [1.807, 2.05) is 0 Å². The van der Waals surface area contributed by atoms with Crippen molar-refractivity contribution in [2.75, 3.05) is 19.2 Å². The van der Waals surface area contributed by atoms with E-state index in [2.05, 4.69) is 10.1 Å². The number of hydrogen-bond donors (Lipinski definition) is 1. The summed E-state index contributed by atoms with van der Waals surface area (Å²) in [7, 11) is 0. The molecule has 1 aliphatic heterocycles. The molecule has 3 amide bonds. The molecule has 1 unspecified atom stereocenters. The Kier molecular flexibility index (Phi) is 9.74. The van der Waals surface area contributed by atoms with Crippen molar-refractivity contribution in [3.63, 3.8) is 0 Å². The first-order valence-corrected chi connectivity index (χ1v) is 11.0. The van der Waals surface area contributed by atoms with E-state index >= 15 is 0 Å². The maximum Gasteiger partial charge on any atom is 0.524 e. The predicted octanol–water partition coefficient (Wildman–Crippen LogP) is 2.78. The number of nitrogens with zero attached hydrogens (tertiary/aromatic N) is 2. The van der Waals surface area contributed by atoms with E-state index in [0.29, 0.717) is 18.4 Å². The third-order valence-electron chi connectivity index (χ3n) is 5.60. The van der Waals surface area contributed by atoms with Gasteiger partial charge in [0.1, 0.15) is 19.2 Å². The van der Waals surface area contributed by atoms with Crippen LogP contribution in [-0.2, 0) is 30.5 Å². The molecule has 0 aromatic heterocycles. The van der Waals surface area contributed by atoms with Crippen LogP contribution in [0, 0.1) is 10.1 Å². The maximum atomic E-state index is 13.0. The highest BCUT2D eigenvalue weighted by Crippen LogP contribution is 2.29. The number of non-ortho nitro benzene ring substituents is 1. The van der Waals surface area contributed by atoms with Crippen LogP contribution in [0.1, 0.15) is 44.6 Å². The van der Waals surface area contributed by atoms with Crippen molar-refractivity contribution in [2.24, 2.45) is 0 Å². The van der Waals surface area contributed by atoms with Gasteiger partial charge in [0.15, 0.2) is 6.07 Å². The molecule has 180 valence electrons. The van der Waals surface area contributed by atoms with Crippen molar-refractivity contribution in [2.45, 2.75) is 51.7 Å². The number of benzene rings is 1. The Morgan fingerprint density at radius 3 is 2.45 bits per heavy atom. The summed E-state index contributed by atoms with van der Waals surface area (Å²) >= 11 is 5.29. The van der Waals surface area contributed by atoms with E-state index < -0.39 is 33.3 Å². The Hall–Kier alpha value is -3.05. The minimum Gasteiger partial charge on any atom is -0.449 e. The molecule has 0 saturated carbocycles. The van der Waals surface area contributed by atoms with Gasteiger partial charge in [0.05, 0.1) is 11.5 Å². The summed E-state index contributed by atoms with van der Waals surface area (Å²) in [4.78, 5) is 59.5. The topological polar surface area (TPSA) is 142 Å². The van der Waals surface area contributed by atoms with Gasteiger partial charge in [0, 0.05) is 37.8 Å². The van der Waals surface area contributed by atoms with Crippen LogP contribution >= 0.6 is 11.6 Å². The molecule has 1 saturated heterocycles. The molecule has 1 N–H and O–H groups in total. The molecule has 2 rings (SSSR count). The van der Waals surface area contributed by atoms with E-state index in [1.54, 1.807) is 6.92 Å². The molecule has 0 radical (unpaired) electrons. The number of quaternary nitrogens is 1. The predicted molar refractivity (Wildman–Crippen MR) is 116 cm³/mol. The molecule has 12 heteroatoms. The molecule has 1 aromatic carbocycles. The van der Waals surface area contributed by atoms with E-state index in [4.69, 9.17) is 16.3 Å². The van der Waals surface area contributed by atoms with E-state index in [0.717, 1.165) is 0 Å². The first-order chi connectivity index (χ1) is 15.7. The van der Waals surface area contributed by atoms with Gasteiger partial charge in [0.2, 0.25) is 5.91 Å². The van der Waals surface area contributed by atoms with Gasteiger partial charge in [-0.25, -0.2) is 4.79 Å². The Balaban J connectivity index is 1.92. The minimum atomic E-state index is -0.721. The van der Waals surface area contributed by atoms with Gasteiger partial charge in [-0.1, -0.05) is 11.6 Å². The van der Waals surface area contributed by atoms with Gasteiger partial charge in [-0.2, -0.15) is 9.28 Å². The molecule has 1 fully saturated rings. The lowest BCUT2D eigenvalue weighted by molar-refractivity contribution is -0.792. The van der Waals surface area contributed by atoms with Crippen LogP contribution in [-0.4, -0.2) is 58.5 Å². The summed E-state index contributed by atoms with van der Waals surface area (Å²) < 4.78 is 9.43. The van der Waals surface area contributed by atoms with Crippen molar-refractivity contribution in [1.29, 1.82) is 0 Å². The number of esters is 1. The molecule has 11 nitrogen and oxygen atoms in total. The van der Waals surface area contributed by atoms with Crippen molar-refractivity contribution in [3.05, 3.63) is 39.9 Å². The highest BCUT2D eigenvalue weighted by atomic mass is 35.5. The zero-order chi connectivity index (χ0) is 24.4. The first kappa shape index (κ1) is 26.2. The van der Waals surface area contributed by atoms with Crippen molar-refractivity contribution in [3.8, 4) is 0 Å². The number of carbonyl (C=O) groups is 4. The van der Waals surface area contributed by atoms with Gasteiger partial charge in [-0.15, -0.1) is 0 Å². The lowest BCUT2D eigenvalue weighted by Crippen LogP contribution is -2.61. The number of carbonyl (C=O) groups excluding carboxylic acids is 4. The lowest BCUT2D eigenvalue weighted by atomic mass is 10.2. The number of nitrogens with one attached hydrogen (secondary N) is 1. The number of nitro groups is 1. The zero-order valence-corrected chi connectivity index (χ0v) is 19.0. The number of ether oxygens (including phenoxy) is 2. The highest BCUT2D eigenvalue weighted by Gasteiger charge is 2.53. The lowest BCUT2D eigenvalue weighted by Gasteiger charge is -2.31. The van der Waals surface area contributed by atoms with Crippen molar-refractivity contribution < 1.29 is 38.1 Å². The van der Waals surface area contributed by atoms with E-state index in [1.165, 1.54) is 24.3 Å². The average molecular weight is 485 g/mol. The molecule has 1 aliphatic rings. The molecule has 1 aromatic rings. The van der Waals surface area contributed by atoms with Gasteiger partial charge < -0.3 is 14.8 Å². The Morgan fingerprint density at radius 2 is 1.88 bits per heavy atom. The van der Waals surface area contributed by atoms with E-state index in [-0.39, 0.29) is 56.8 Å². The van der Waals surface area contributed by atoms with E-state index in [9.17, 15) is 29.3 Å². The fourth-order valence-electron chi connectivity index (χ4n) is 3.72. The Labute approximate surface area is 195 Å². The van der Waals surface area contributed by atoms with Crippen LogP contribution in [0.5, 0.6) is 0 Å². The maximum absolute atomic E-state index is 13.0. The minimum absolute atomic E-state index is 0.0187. The average Bonchev–Trinajstić information content (AvgIpc) is 3.18. The number of likely N-dealkylation sites (tertiary alicyclic amines) is 1. The highest BCUT2D eigenvalue weighted by molar-refractivity contribution is 6.17. The standard InChI is InChI=1S/C21H26ClN3O8/c1-15-4-3-11-25(15,19(27)12-23-18(26)5-2-6-20(28)33-14-22)21(29)32-13-16-7-9-17(10-8-16)24(30)31/h7-10,15H,2-6,11-14H2,1H3/p+1/t15-,25?/m1/s1. The second-order valence-electron chi connectivity index (χ2n) is 7.71. The van der Waals surface area contributed by atoms with Crippen molar-refractivity contribution in [1.82, 2.24) is 5.32 Å². The quantitative estimate of drug-likeness (QED) is 0.175. The Morgan fingerprint density at radius 1 is 1.18 bits per heavy atom.